The molecule has 4 rings (SSSR count). The molecule has 7 nitrogen and oxygen atoms in total. The molecule has 2 unspecified atom stereocenters. The molecule has 3 aromatic rings. The molecule has 36 heavy (non-hydrogen) atoms. The number of hydrogen-bond donors (Lipinski definition) is 2. The Morgan fingerprint density at radius 3 is 2.31 bits per heavy atom. The van der Waals surface area contributed by atoms with Crippen LogP contribution < -0.4 is 20.3 Å². The molecule has 190 valence electrons. The van der Waals surface area contributed by atoms with E-state index < -0.39 is 11.8 Å². The number of carbonyl (C=O) groups is 2. The average molecular weight is 511 g/mol. The Morgan fingerprint density at radius 1 is 1.00 bits per heavy atom. The summed E-state index contributed by atoms with van der Waals surface area (Å²) in [5.74, 6) is -0.897. The summed E-state index contributed by atoms with van der Waals surface area (Å²) in [6.45, 7) is 5.45. The number of nitrogens with one attached hydrogen (secondary N) is 2. The molecule has 0 bridgehead atoms. The van der Waals surface area contributed by atoms with Crippen molar-refractivity contribution in [3.63, 3.8) is 0 Å². The molecule has 0 spiro atoms. The lowest BCUT2D eigenvalue weighted by Gasteiger charge is -2.42. The number of benzene rings is 2. The Kier molecular flexibility index (Phi) is 8.56. The second kappa shape index (κ2) is 12.0. The van der Waals surface area contributed by atoms with Gasteiger partial charge in [0.2, 0.25) is 0 Å². The molecule has 1 saturated heterocycles. The third-order valence-corrected chi connectivity index (χ3v) is 7.33. The van der Waals surface area contributed by atoms with Gasteiger partial charge in [-0.3, -0.25) is 14.5 Å². The van der Waals surface area contributed by atoms with Crippen molar-refractivity contribution in [2.24, 2.45) is 0 Å². The quantitative estimate of drug-likeness (QED) is 0.453. The molecule has 1 aromatic heterocycles. The van der Waals surface area contributed by atoms with Gasteiger partial charge in [-0.1, -0.05) is 18.2 Å². The van der Waals surface area contributed by atoms with E-state index in [-0.39, 0.29) is 24.4 Å². The highest BCUT2D eigenvalue weighted by molar-refractivity contribution is 7.10. The van der Waals surface area contributed by atoms with Gasteiger partial charge < -0.3 is 20.3 Å². The third-order valence-electron chi connectivity index (χ3n) is 6.38. The fraction of sp³-hybridized carbons (Fsp3) is 0.333. The first kappa shape index (κ1) is 25.7. The zero-order valence-electron chi connectivity index (χ0n) is 20.4. The summed E-state index contributed by atoms with van der Waals surface area (Å²) in [5, 5.41) is 7.53. The molecule has 0 aliphatic carbocycles. The molecule has 2 amide bonds. The van der Waals surface area contributed by atoms with E-state index in [1.165, 1.54) is 12.1 Å². The highest BCUT2D eigenvalue weighted by Gasteiger charge is 2.32. The van der Waals surface area contributed by atoms with Crippen molar-refractivity contribution in [2.75, 3.05) is 38.2 Å². The van der Waals surface area contributed by atoms with E-state index in [2.05, 4.69) is 38.6 Å². The van der Waals surface area contributed by atoms with Crippen LogP contribution in [0.1, 0.15) is 23.4 Å². The van der Waals surface area contributed by atoms with Crippen LogP contribution in [-0.2, 0) is 16.1 Å². The monoisotopic (exact) mass is 510 g/mol. The maximum Gasteiger partial charge on any atom is 0.309 e. The molecule has 0 saturated carbocycles. The summed E-state index contributed by atoms with van der Waals surface area (Å²) in [6.07, 6.45) is 0. The van der Waals surface area contributed by atoms with Gasteiger partial charge in [-0.05, 0) is 60.3 Å². The maximum absolute atomic E-state index is 13.1. The summed E-state index contributed by atoms with van der Waals surface area (Å²) in [6, 6.07) is 17.6. The number of rotatable bonds is 8. The Bertz CT molecular complexity index is 1130. The number of methoxy groups -OCH3 is 1. The van der Waals surface area contributed by atoms with E-state index in [0.717, 1.165) is 48.1 Å². The van der Waals surface area contributed by atoms with Crippen LogP contribution in [0, 0.1) is 5.82 Å². The summed E-state index contributed by atoms with van der Waals surface area (Å²) in [5.41, 5.74) is 1.87. The van der Waals surface area contributed by atoms with Crippen LogP contribution in [0.15, 0.2) is 66.0 Å². The number of anilines is 1. The van der Waals surface area contributed by atoms with E-state index in [1.54, 1.807) is 30.6 Å². The van der Waals surface area contributed by atoms with Gasteiger partial charge in [0.05, 0.1) is 13.2 Å². The highest BCUT2D eigenvalue weighted by atomic mass is 32.1. The summed E-state index contributed by atoms with van der Waals surface area (Å²) in [4.78, 5) is 30.9. The fourth-order valence-electron chi connectivity index (χ4n) is 4.47. The Labute approximate surface area is 214 Å². The zero-order valence-corrected chi connectivity index (χ0v) is 21.3. The maximum atomic E-state index is 13.1. The molecular formula is C27H31FN4O3S. The lowest BCUT2D eigenvalue weighted by Crippen LogP contribution is -2.53. The van der Waals surface area contributed by atoms with Crippen LogP contribution in [0.25, 0.3) is 0 Å². The molecular weight excluding hydrogens is 479 g/mol. The van der Waals surface area contributed by atoms with Crippen LogP contribution in [0.3, 0.4) is 0 Å². The molecule has 2 N–H and O–H groups in total. The topological polar surface area (TPSA) is 73.9 Å². The largest absolute Gasteiger partial charge is 0.497 e. The number of halogens is 1. The van der Waals surface area contributed by atoms with Crippen molar-refractivity contribution >= 4 is 28.8 Å². The highest BCUT2D eigenvalue weighted by Crippen LogP contribution is 2.30. The van der Waals surface area contributed by atoms with E-state index in [1.807, 2.05) is 30.5 Å². The number of ether oxygens (including phenoxy) is 1. The van der Waals surface area contributed by atoms with E-state index in [9.17, 15) is 14.0 Å². The molecule has 1 aliphatic heterocycles. The SMILES string of the molecule is COc1ccc(N2CCN(C(c3cccs3)C(C)NC(=O)C(=O)NCc3ccc(F)cc3)CC2)cc1. The van der Waals surface area contributed by atoms with Gasteiger partial charge in [-0.15, -0.1) is 11.3 Å². The predicted molar refractivity (Wildman–Crippen MR) is 140 cm³/mol. The van der Waals surface area contributed by atoms with E-state index in [4.69, 9.17) is 4.74 Å². The number of piperazine rings is 1. The van der Waals surface area contributed by atoms with Gasteiger partial charge in [-0.25, -0.2) is 4.39 Å². The lowest BCUT2D eigenvalue weighted by atomic mass is 10.0. The first-order valence-electron chi connectivity index (χ1n) is 11.9. The van der Waals surface area contributed by atoms with Crippen LogP contribution in [0.4, 0.5) is 10.1 Å². The number of hydrogen-bond acceptors (Lipinski definition) is 6. The van der Waals surface area contributed by atoms with E-state index in [0.29, 0.717) is 0 Å². The van der Waals surface area contributed by atoms with Crippen LogP contribution >= 0.6 is 11.3 Å². The van der Waals surface area contributed by atoms with Gasteiger partial charge in [0.1, 0.15) is 11.6 Å². The zero-order chi connectivity index (χ0) is 25.5. The van der Waals surface area contributed by atoms with Gasteiger partial charge in [0.15, 0.2) is 0 Å². The van der Waals surface area contributed by atoms with Crippen molar-refractivity contribution < 1.29 is 18.7 Å². The first-order valence-corrected chi connectivity index (χ1v) is 12.8. The van der Waals surface area contributed by atoms with Crippen LogP contribution in [0.2, 0.25) is 0 Å². The molecule has 0 radical (unpaired) electrons. The second-order valence-electron chi connectivity index (χ2n) is 8.75. The third kappa shape index (κ3) is 6.41. The number of amides is 2. The van der Waals surface area contributed by atoms with Crippen LogP contribution in [0.5, 0.6) is 5.75 Å². The molecule has 9 heteroatoms. The normalized spacial score (nSPS) is 15.7. The predicted octanol–water partition coefficient (Wildman–Crippen LogP) is 3.58. The van der Waals surface area contributed by atoms with Crippen molar-refractivity contribution in [3.05, 3.63) is 82.3 Å². The van der Waals surface area contributed by atoms with E-state index >= 15 is 0 Å². The van der Waals surface area contributed by atoms with Crippen molar-refractivity contribution in [3.8, 4) is 5.75 Å². The molecule has 2 atom stereocenters. The second-order valence-corrected chi connectivity index (χ2v) is 9.73. The van der Waals surface area contributed by atoms with Gasteiger partial charge in [0.25, 0.3) is 0 Å². The minimum Gasteiger partial charge on any atom is -0.497 e. The van der Waals surface area contributed by atoms with Crippen molar-refractivity contribution in [2.45, 2.75) is 25.6 Å². The number of thiophene rings is 1. The number of carbonyl (C=O) groups excluding carboxylic acids is 2. The Morgan fingerprint density at radius 2 is 1.69 bits per heavy atom. The molecule has 2 aromatic carbocycles. The standard InChI is InChI=1S/C27H31FN4O3S/c1-19(30-27(34)26(33)29-18-20-5-7-21(28)8-6-20)25(24-4-3-17-36-24)32-15-13-31(14-16-32)22-9-11-23(35-2)12-10-22/h3-12,17,19,25H,13-16,18H2,1-2H3,(H,29,33)(H,30,34). The Hall–Kier alpha value is -3.43. The van der Waals surface area contributed by atoms with Gasteiger partial charge >= 0.3 is 11.8 Å². The fourth-order valence-corrected chi connectivity index (χ4v) is 5.43. The first-order chi connectivity index (χ1) is 17.4. The Balaban J connectivity index is 1.35. The summed E-state index contributed by atoms with van der Waals surface area (Å²) in [7, 11) is 1.66. The van der Waals surface area contributed by atoms with Gasteiger partial charge in [-0.2, -0.15) is 0 Å². The molecule has 1 aliphatic rings. The number of nitrogens with zero attached hydrogens (tertiary/aromatic N) is 2. The van der Waals surface area contributed by atoms with Crippen molar-refractivity contribution in [1.82, 2.24) is 15.5 Å². The summed E-state index contributed by atoms with van der Waals surface area (Å²) >= 11 is 1.65. The average Bonchev–Trinajstić information content (AvgIpc) is 3.43. The lowest BCUT2D eigenvalue weighted by molar-refractivity contribution is -0.140. The minimum atomic E-state index is -0.708. The van der Waals surface area contributed by atoms with Crippen molar-refractivity contribution in [1.29, 1.82) is 0 Å². The van der Waals surface area contributed by atoms with Gasteiger partial charge in [0, 0.05) is 49.3 Å². The van der Waals surface area contributed by atoms with Crippen LogP contribution in [-0.4, -0.2) is 56.0 Å². The molecule has 2 heterocycles. The smallest absolute Gasteiger partial charge is 0.309 e. The molecule has 1 fully saturated rings. The minimum absolute atomic E-state index is 0.0446. The summed E-state index contributed by atoms with van der Waals surface area (Å²) < 4.78 is 18.3.